The minimum atomic E-state index is -0.319. The van der Waals surface area contributed by atoms with Gasteiger partial charge in [0.1, 0.15) is 5.82 Å². The van der Waals surface area contributed by atoms with Crippen molar-refractivity contribution in [3.63, 3.8) is 0 Å². The molecule has 20 heavy (non-hydrogen) atoms. The number of methoxy groups -OCH3 is 1. The summed E-state index contributed by atoms with van der Waals surface area (Å²) >= 11 is 0. The largest absolute Gasteiger partial charge is 0.380 e. The van der Waals surface area contributed by atoms with Crippen LogP contribution in [-0.4, -0.2) is 13.0 Å². The standard InChI is InChI=1S/C16H16FNO2/c1-20-11-12-5-4-7-13(9-12)16(19)18-10-14-6-2-3-8-15(14)17/h2-9H,10-11H2,1H3,(H,18,19). The lowest BCUT2D eigenvalue weighted by Crippen LogP contribution is -2.23. The minimum Gasteiger partial charge on any atom is -0.380 e. The molecule has 0 radical (unpaired) electrons. The van der Waals surface area contributed by atoms with Crippen molar-refractivity contribution in [2.75, 3.05) is 7.11 Å². The van der Waals surface area contributed by atoms with Gasteiger partial charge in [-0.3, -0.25) is 4.79 Å². The van der Waals surface area contributed by atoms with E-state index in [0.29, 0.717) is 17.7 Å². The molecule has 2 aromatic carbocycles. The summed E-state index contributed by atoms with van der Waals surface area (Å²) in [7, 11) is 1.60. The molecule has 2 aromatic rings. The van der Waals surface area contributed by atoms with Crippen molar-refractivity contribution in [2.24, 2.45) is 0 Å². The zero-order chi connectivity index (χ0) is 14.4. The van der Waals surface area contributed by atoms with Gasteiger partial charge in [-0.25, -0.2) is 4.39 Å². The second kappa shape index (κ2) is 6.82. The molecule has 0 saturated heterocycles. The predicted molar refractivity (Wildman–Crippen MR) is 74.7 cm³/mol. The van der Waals surface area contributed by atoms with Gasteiger partial charge in [0.2, 0.25) is 0 Å². The molecule has 0 heterocycles. The molecule has 0 saturated carbocycles. The first-order valence-corrected chi connectivity index (χ1v) is 6.30. The number of carbonyl (C=O) groups excluding carboxylic acids is 1. The van der Waals surface area contributed by atoms with Gasteiger partial charge >= 0.3 is 0 Å². The van der Waals surface area contributed by atoms with Gasteiger partial charge < -0.3 is 10.1 Å². The van der Waals surface area contributed by atoms with Crippen molar-refractivity contribution in [1.82, 2.24) is 5.32 Å². The molecule has 2 rings (SSSR count). The van der Waals surface area contributed by atoms with Crippen molar-refractivity contribution < 1.29 is 13.9 Å². The molecular formula is C16H16FNO2. The third kappa shape index (κ3) is 3.65. The van der Waals surface area contributed by atoms with Crippen molar-refractivity contribution in [3.8, 4) is 0 Å². The van der Waals surface area contributed by atoms with Gasteiger partial charge in [0.05, 0.1) is 6.61 Å². The summed E-state index contributed by atoms with van der Waals surface area (Å²) in [5, 5.41) is 2.71. The highest BCUT2D eigenvalue weighted by molar-refractivity contribution is 5.94. The van der Waals surface area contributed by atoms with Crippen LogP contribution in [0.1, 0.15) is 21.5 Å². The van der Waals surface area contributed by atoms with Crippen LogP contribution in [0.5, 0.6) is 0 Å². The number of rotatable bonds is 5. The molecule has 0 atom stereocenters. The zero-order valence-electron chi connectivity index (χ0n) is 11.2. The molecule has 0 aliphatic rings. The molecule has 104 valence electrons. The Morgan fingerprint density at radius 3 is 2.75 bits per heavy atom. The molecule has 0 fully saturated rings. The van der Waals surface area contributed by atoms with Crippen molar-refractivity contribution in [1.29, 1.82) is 0 Å². The smallest absolute Gasteiger partial charge is 0.251 e. The summed E-state index contributed by atoms with van der Waals surface area (Å²) in [5.41, 5.74) is 1.93. The summed E-state index contributed by atoms with van der Waals surface area (Å²) in [6.07, 6.45) is 0. The summed E-state index contributed by atoms with van der Waals surface area (Å²) in [6.45, 7) is 0.619. The number of amides is 1. The Kier molecular flexibility index (Phi) is 4.85. The maximum Gasteiger partial charge on any atom is 0.251 e. The Morgan fingerprint density at radius 1 is 1.20 bits per heavy atom. The van der Waals surface area contributed by atoms with E-state index >= 15 is 0 Å². The van der Waals surface area contributed by atoms with E-state index in [9.17, 15) is 9.18 Å². The maximum absolute atomic E-state index is 13.4. The number of hydrogen-bond acceptors (Lipinski definition) is 2. The summed E-state index contributed by atoms with van der Waals surface area (Å²) in [6, 6.07) is 13.6. The molecule has 3 nitrogen and oxygen atoms in total. The van der Waals surface area contributed by atoms with Crippen LogP contribution < -0.4 is 5.32 Å². The molecule has 0 aromatic heterocycles. The summed E-state index contributed by atoms with van der Waals surface area (Å²) in [4.78, 5) is 12.0. The zero-order valence-corrected chi connectivity index (χ0v) is 11.2. The van der Waals surface area contributed by atoms with Crippen LogP contribution in [0.3, 0.4) is 0 Å². The van der Waals surface area contributed by atoms with E-state index in [1.54, 1.807) is 43.5 Å². The van der Waals surface area contributed by atoms with E-state index in [0.717, 1.165) is 5.56 Å². The summed E-state index contributed by atoms with van der Waals surface area (Å²) in [5.74, 6) is -0.549. The Balaban J connectivity index is 2.01. The normalized spacial score (nSPS) is 10.3. The molecule has 0 aliphatic heterocycles. The average Bonchev–Trinajstić information content (AvgIpc) is 2.47. The van der Waals surface area contributed by atoms with Crippen LogP contribution in [0, 0.1) is 5.82 Å². The fourth-order valence-electron chi connectivity index (χ4n) is 1.89. The SMILES string of the molecule is COCc1cccc(C(=O)NCc2ccccc2F)c1. The lowest BCUT2D eigenvalue weighted by atomic mass is 10.1. The van der Waals surface area contributed by atoms with E-state index < -0.39 is 0 Å². The Hall–Kier alpha value is -2.20. The van der Waals surface area contributed by atoms with E-state index in [4.69, 9.17) is 4.74 Å². The highest BCUT2D eigenvalue weighted by Crippen LogP contribution is 2.08. The first kappa shape index (κ1) is 14.2. The molecule has 1 N–H and O–H groups in total. The van der Waals surface area contributed by atoms with Gasteiger partial charge in [0.25, 0.3) is 5.91 Å². The monoisotopic (exact) mass is 273 g/mol. The topological polar surface area (TPSA) is 38.3 Å². The van der Waals surface area contributed by atoms with Crippen LogP contribution in [-0.2, 0) is 17.9 Å². The highest BCUT2D eigenvalue weighted by Gasteiger charge is 2.07. The van der Waals surface area contributed by atoms with E-state index in [1.807, 2.05) is 6.07 Å². The van der Waals surface area contributed by atoms with Gasteiger partial charge in [-0.1, -0.05) is 30.3 Å². The maximum atomic E-state index is 13.4. The van der Waals surface area contributed by atoms with Crippen molar-refractivity contribution >= 4 is 5.91 Å². The quantitative estimate of drug-likeness (QED) is 0.909. The molecular weight excluding hydrogens is 257 g/mol. The number of hydrogen-bond donors (Lipinski definition) is 1. The Bertz CT molecular complexity index is 599. The predicted octanol–water partition coefficient (Wildman–Crippen LogP) is 2.90. The van der Waals surface area contributed by atoms with Gasteiger partial charge in [0.15, 0.2) is 0 Å². The van der Waals surface area contributed by atoms with Gasteiger partial charge in [0, 0.05) is 24.8 Å². The Labute approximate surface area is 117 Å². The Morgan fingerprint density at radius 2 is 2.00 bits per heavy atom. The minimum absolute atomic E-state index is 0.167. The van der Waals surface area contributed by atoms with Crippen molar-refractivity contribution in [2.45, 2.75) is 13.2 Å². The second-order valence-corrected chi connectivity index (χ2v) is 4.41. The number of nitrogens with one attached hydrogen (secondary N) is 1. The van der Waals surface area contributed by atoms with Crippen molar-refractivity contribution in [3.05, 3.63) is 71.0 Å². The number of halogens is 1. The van der Waals surface area contributed by atoms with E-state index in [2.05, 4.69) is 5.32 Å². The van der Waals surface area contributed by atoms with Crippen LogP contribution in [0.15, 0.2) is 48.5 Å². The lowest BCUT2D eigenvalue weighted by Gasteiger charge is -2.07. The first-order chi connectivity index (χ1) is 9.70. The molecule has 0 aliphatic carbocycles. The summed E-state index contributed by atoms with van der Waals surface area (Å²) < 4.78 is 18.5. The van der Waals surface area contributed by atoms with Gasteiger partial charge in [-0.05, 0) is 23.8 Å². The molecule has 4 heteroatoms. The third-order valence-corrected chi connectivity index (χ3v) is 2.90. The van der Waals surface area contributed by atoms with Crippen LogP contribution in [0.2, 0.25) is 0 Å². The second-order valence-electron chi connectivity index (χ2n) is 4.41. The van der Waals surface area contributed by atoms with Gasteiger partial charge in [-0.15, -0.1) is 0 Å². The van der Waals surface area contributed by atoms with Crippen LogP contribution in [0.25, 0.3) is 0 Å². The molecule has 1 amide bonds. The fraction of sp³-hybridized carbons (Fsp3) is 0.188. The number of ether oxygens (including phenoxy) is 1. The fourth-order valence-corrected chi connectivity index (χ4v) is 1.89. The number of benzene rings is 2. The van der Waals surface area contributed by atoms with E-state index in [-0.39, 0.29) is 18.3 Å². The third-order valence-electron chi connectivity index (χ3n) is 2.90. The van der Waals surface area contributed by atoms with E-state index in [1.165, 1.54) is 6.07 Å². The van der Waals surface area contributed by atoms with Gasteiger partial charge in [-0.2, -0.15) is 0 Å². The average molecular weight is 273 g/mol. The molecule has 0 unspecified atom stereocenters. The number of carbonyl (C=O) groups is 1. The molecule has 0 bridgehead atoms. The molecule has 0 spiro atoms. The van der Waals surface area contributed by atoms with Crippen LogP contribution >= 0.6 is 0 Å². The van der Waals surface area contributed by atoms with Crippen LogP contribution in [0.4, 0.5) is 4.39 Å². The highest BCUT2D eigenvalue weighted by atomic mass is 19.1. The first-order valence-electron chi connectivity index (χ1n) is 6.30. The lowest BCUT2D eigenvalue weighted by molar-refractivity contribution is 0.0950.